The highest BCUT2D eigenvalue weighted by molar-refractivity contribution is 9.11. The van der Waals surface area contributed by atoms with E-state index in [2.05, 4.69) is 42.4 Å². The fourth-order valence-electron chi connectivity index (χ4n) is 3.02. The van der Waals surface area contributed by atoms with Gasteiger partial charge in [0.2, 0.25) is 10.0 Å². The highest BCUT2D eigenvalue weighted by Gasteiger charge is 2.13. The van der Waals surface area contributed by atoms with E-state index in [1.54, 1.807) is 12.1 Å². The highest BCUT2D eigenvalue weighted by atomic mass is 79.9. The molecule has 0 unspecified atom stereocenters. The fourth-order valence-corrected chi connectivity index (χ4v) is 4.72. The molecule has 0 bridgehead atoms. The maximum Gasteiger partial charge on any atom is 0.271 e. The van der Waals surface area contributed by atoms with Crippen LogP contribution in [-0.4, -0.2) is 30.2 Å². The summed E-state index contributed by atoms with van der Waals surface area (Å²) in [7, 11) is -3.76. The van der Waals surface area contributed by atoms with Gasteiger partial charge in [-0.15, -0.1) is 0 Å². The van der Waals surface area contributed by atoms with Crippen LogP contribution in [0.15, 0.2) is 61.4 Å². The van der Waals surface area contributed by atoms with E-state index < -0.39 is 15.9 Å². The van der Waals surface area contributed by atoms with Gasteiger partial charge in [-0.2, -0.15) is 5.10 Å². The number of benzene rings is 2. The summed E-state index contributed by atoms with van der Waals surface area (Å²) in [6, 6.07) is 11.1. The Kier molecular flexibility index (Phi) is 6.70. The average molecular weight is 570 g/mol. The van der Waals surface area contributed by atoms with Crippen molar-refractivity contribution in [3.8, 4) is 11.4 Å². The largest absolute Gasteiger partial charge is 0.506 e. The van der Waals surface area contributed by atoms with Crippen molar-refractivity contribution in [1.82, 2.24) is 9.99 Å². The number of phenolic OH excluding ortho intramolecular Hbond substituents is 1. The molecule has 2 aromatic carbocycles. The number of hydrogen-bond acceptors (Lipinski definition) is 5. The number of aromatic hydroxyl groups is 1. The van der Waals surface area contributed by atoms with Crippen LogP contribution in [0, 0.1) is 13.8 Å². The number of hydrogen-bond donors (Lipinski definition) is 3. The van der Waals surface area contributed by atoms with Crippen molar-refractivity contribution in [2.24, 2.45) is 10.2 Å². The maximum absolute atomic E-state index is 12.3. The molecule has 0 fully saturated rings. The summed E-state index contributed by atoms with van der Waals surface area (Å²) in [6.07, 6.45) is 1.53. The molecular weight excluding hydrogens is 552 g/mol. The van der Waals surface area contributed by atoms with Crippen molar-refractivity contribution in [3.05, 3.63) is 73.9 Å². The van der Waals surface area contributed by atoms with Gasteiger partial charge in [-0.3, -0.25) is 4.79 Å². The molecule has 31 heavy (non-hydrogen) atoms. The average Bonchev–Trinajstić information content (AvgIpc) is 2.98. The number of amides is 1. The lowest BCUT2D eigenvalue weighted by molar-refractivity contribution is 0.0955. The summed E-state index contributed by atoms with van der Waals surface area (Å²) in [6.45, 7) is 3.79. The smallest absolute Gasteiger partial charge is 0.271 e. The number of halogens is 2. The van der Waals surface area contributed by atoms with Gasteiger partial charge in [0.05, 0.1) is 20.1 Å². The second kappa shape index (κ2) is 8.95. The molecule has 1 amide bonds. The SMILES string of the molecule is Cc1cc(/C=N\NC(=O)c2cc(Br)c(O)c(Br)c2)c(C)n1-c1ccc(S(N)(=O)=O)cc1. The molecule has 0 spiro atoms. The van der Waals surface area contributed by atoms with E-state index in [1.165, 1.54) is 30.5 Å². The Morgan fingerprint density at radius 3 is 2.26 bits per heavy atom. The molecule has 0 aliphatic carbocycles. The van der Waals surface area contributed by atoms with E-state index in [-0.39, 0.29) is 10.6 Å². The number of carbonyl (C=O) groups excluding carboxylic acids is 1. The van der Waals surface area contributed by atoms with Crippen LogP contribution >= 0.6 is 31.9 Å². The van der Waals surface area contributed by atoms with Gasteiger partial charge in [0.1, 0.15) is 5.75 Å². The predicted octanol–water partition coefficient (Wildman–Crippen LogP) is 3.74. The topological polar surface area (TPSA) is 127 Å². The first-order valence-corrected chi connectivity index (χ1v) is 12.0. The number of phenols is 1. The Morgan fingerprint density at radius 1 is 1.13 bits per heavy atom. The van der Waals surface area contributed by atoms with Crippen LogP contribution in [0.2, 0.25) is 0 Å². The minimum absolute atomic E-state index is 0.00425. The number of carbonyl (C=O) groups is 1. The van der Waals surface area contributed by atoms with Crippen molar-refractivity contribution in [2.75, 3.05) is 0 Å². The number of rotatable bonds is 5. The summed E-state index contributed by atoms with van der Waals surface area (Å²) in [5, 5.41) is 18.9. The Bertz CT molecular complexity index is 1280. The van der Waals surface area contributed by atoms with Crippen LogP contribution in [0.4, 0.5) is 0 Å². The van der Waals surface area contributed by atoms with Gasteiger partial charge in [-0.05, 0) is 88.2 Å². The van der Waals surface area contributed by atoms with Crippen LogP contribution in [0.5, 0.6) is 5.75 Å². The third-order valence-corrected chi connectivity index (χ3v) is 6.68. The van der Waals surface area contributed by atoms with Crippen molar-refractivity contribution in [1.29, 1.82) is 0 Å². The maximum atomic E-state index is 12.3. The first kappa shape index (κ1) is 23.2. The van der Waals surface area contributed by atoms with Crippen LogP contribution in [-0.2, 0) is 10.0 Å². The molecule has 0 atom stereocenters. The predicted molar refractivity (Wildman–Crippen MR) is 125 cm³/mol. The molecule has 3 rings (SSSR count). The number of nitrogens with one attached hydrogen (secondary N) is 1. The molecule has 0 saturated carbocycles. The third kappa shape index (κ3) is 5.06. The minimum atomic E-state index is -3.76. The number of sulfonamides is 1. The van der Waals surface area contributed by atoms with Crippen LogP contribution in [0.1, 0.15) is 27.3 Å². The number of nitrogens with two attached hydrogens (primary N) is 1. The third-order valence-electron chi connectivity index (χ3n) is 4.54. The molecule has 1 heterocycles. The summed E-state index contributed by atoms with van der Waals surface area (Å²) in [5.41, 5.74) is 6.08. The van der Waals surface area contributed by atoms with Crippen LogP contribution in [0.3, 0.4) is 0 Å². The molecule has 0 aliphatic rings. The van der Waals surface area contributed by atoms with Crippen molar-refractivity contribution in [2.45, 2.75) is 18.7 Å². The van der Waals surface area contributed by atoms with Gasteiger partial charge in [0, 0.05) is 28.2 Å². The van der Waals surface area contributed by atoms with Gasteiger partial charge in [-0.1, -0.05) is 0 Å². The van der Waals surface area contributed by atoms with E-state index in [1.807, 2.05) is 24.5 Å². The van der Waals surface area contributed by atoms with Crippen molar-refractivity contribution in [3.63, 3.8) is 0 Å². The number of aryl methyl sites for hydroxylation is 1. The lowest BCUT2D eigenvalue weighted by atomic mass is 10.2. The molecule has 0 radical (unpaired) electrons. The van der Waals surface area contributed by atoms with E-state index >= 15 is 0 Å². The molecule has 3 aromatic rings. The van der Waals surface area contributed by atoms with Crippen molar-refractivity contribution >= 4 is 54.0 Å². The lowest BCUT2D eigenvalue weighted by Gasteiger charge is -2.10. The van der Waals surface area contributed by atoms with E-state index in [9.17, 15) is 18.3 Å². The van der Waals surface area contributed by atoms with E-state index in [4.69, 9.17) is 5.14 Å². The molecule has 0 saturated heterocycles. The monoisotopic (exact) mass is 568 g/mol. The fraction of sp³-hybridized carbons (Fsp3) is 0.100. The molecular formula is C20H18Br2N4O4S. The summed E-state index contributed by atoms with van der Waals surface area (Å²) in [4.78, 5) is 12.4. The minimum Gasteiger partial charge on any atom is -0.506 e. The van der Waals surface area contributed by atoms with Crippen molar-refractivity contribution < 1.29 is 18.3 Å². The normalized spacial score (nSPS) is 11.8. The highest BCUT2D eigenvalue weighted by Crippen LogP contribution is 2.33. The molecule has 4 N–H and O–H groups in total. The zero-order chi connectivity index (χ0) is 22.9. The van der Waals surface area contributed by atoms with Gasteiger partial charge in [-0.25, -0.2) is 19.0 Å². The molecule has 8 nitrogen and oxygen atoms in total. The number of primary sulfonamides is 1. The lowest BCUT2D eigenvalue weighted by Crippen LogP contribution is -2.17. The second-order valence-electron chi connectivity index (χ2n) is 6.69. The number of nitrogens with zero attached hydrogens (tertiary/aromatic N) is 2. The molecule has 162 valence electrons. The molecule has 0 aliphatic heterocycles. The Labute approximate surface area is 196 Å². The van der Waals surface area contributed by atoms with Gasteiger partial charge >= 0.3 is 0 Å². The number of aromatic nitrogens is 1. The Morgan fingerprint density at radius 2 is 1.71 bits per heavy atom. The Balaban J connectivity index is 1.81. The second-order valence-corrected chi connectivity index (χ2v) is 9.96. The van der Waals surface area contributed by atoms with Crippen LogP contribution < -0.4 is 10.6 Å². The van der Waals surface area contributed by atoms with Gasteiger partial charge in [0.15, 0.2) is 0 Å². The quantitative estimate of drug-likeness (QED) is 0.319. The van der Waals surface area contributed by atoms with E-state index in [0.29, 0.717) is 14.5 Å². The van der Waals surface area contributed by atoms with Gasteiger partial charge in [0.25, 0.3) is 5.91 Å². The van der Waals surface area contributed by atoms with E-state index in [0.717, 1.165) is 22.6 Å². The summed E-state index contributed by atoms with van der Waals surface area (Å²) in [5.74, 6) is -0.436. The standard InChI is InChI=1S/C20H18Br2N4O4S/c1-11-7-14(10-24-25-20(28)13-8-17(21)19(27)18(22)9-13)12(2)26(11)15-3-5-16(6-4-15)31(23,29)30/h3-10,27H,1-2H3,(H,25,28)(H2,23,29,30)/b24-10-. The molecule has 1 aromatic heterocycles. The number of hydrazone groups is 1. The first-order chi connectivity index (χ1) is 14.5. The molecule has 11 heteroatoms. The zero-order valence-electron chi connectivity index (χ0n) is 16.4. The van der Waals surface area contributed by atoms with Crippen LogP contribution in [0.25, 0.3) is 5.69 Å². The summed E-state index contributed by atoms with van der Waals surface area (Å²) >= 11 is 6.37. The first-order valence-electron chi connectivity index (χ1n) is 8.82. The zero-order valence-corrected chi connectivity index (χ0v) is 20.4. The van der Waals surface area contributed by atoms with Gasteiger partial charge < -0.3 is 9.67 Å². The summed E-state index contributed by atoms with van der Waals surface area (Å²) < 4.78 is 25.6. The Hall–Kier alpha value is -2.47.